The van der Waals surface area contributed by atoms with Gasteiger partial charge in [-0.3, -0.25) is 14.5 Å². The molecule has 2 aliphatic heterocycles. The molecule has 0 spiro atoms. The van der Waals surface area contributed by atoms with Gasteiger partial charge in [-0.2, -0.15) is 0 Å². The summed E-state index contributed by atoms with van der Waals surface area (Å²) < 4.78 is 30.1. The van der Waals surface area contributed by atoms with E-state index in [1.54, 1.807) is 18.2 Å². The quantitative estimate of drug-likeness (QED) is 0.499. The number of rotatable bonds is 8. The number of ether oxygens (including phenoxy) is 3. The average Bonchev–Trinajstić information content (AvgIpc) is 3.01. The number of carbonyl (C=O) groups excluding carboxylic acids is 2. The molecule has 0 aromatic heterocycles. The highest BCUT2D eigenvalue weighted by Gasteiger charge is 2.39. The van der Waals surface area contributed by atoms with Gasteiger partial charge >= 0.3 is 0 Å². The second-order valence-corrected chi connectivity index (χ2v) is 7.78. The summed E-state index contributed by atoms with van der Waals surface area (Å²) in [6, 6.07) is 10.7. The molecule has 0 saturated carbocycles. The Kier molecular flexibility index (Phi) is 6.41. The fraction of sp³-hybridized carbons (Fsp3) is 0.333. The Morgan fingerprint density at radius 3 is 2.47 bits per heavy atom. The standard InChI is InChI=1S/C24H25FN2O5/c1-15(2)30-11-3-10-27-23(28)21(16-4-6-17(25)7-5-16)22(24(27)29)26-18-8-9-19-20(14-18)32-13-12-31-19/h4-9,14-15,26H,3,10-13H2,1-2H3. The van der Waals surface area contributed by atoms with Crippen LogP contribution in [0.1, 0.15) is 25.8 Å². The maximum Gasteiger partial charge on any atom is 0.278 e. The van der Waals surface area contributed by atoms with E-state index in [2.05, 4.69) is 5.32 Å². The zero-order valence-corrected chi connectivity index (χ0v) is 18.0. The third kappa shape index (κ3) is 4.60. The first-order valence-corrected chi connectivity index (χ1v) is 10.6. The van der Waals surface area contributed by atoms with E-state index >= 15 is 0 Å². The van der Waals surface area contributed by atoms with Gasteiger partial charge < -0.3 is 19.5 Å². The van der Waals surface area contributed by atoms with Crippen molar-refractivity contribution in [2.24, 2.45) is 0 Å². The predicted molar refractivity (Wildman–Crippen MR) is 117 cm³/mol. The van der Waals surface area contributed by atoms with Crippen molar-refractivity contribution in [3.8, 4) is 11.5 Å². The molecule has 2 aliphatic rings. The fourth-order valence-electron chi connectivity index (χ4n) is 3.59. The molecule has 4 rings (SSSR count). The number of halogens is 1. The van der Waals surface area contributed by atoms with Crippen molar-refractivity contribution >= 4 is 23.1 Å². The minimum atomic E-state index is -0.436. The number of benzene rings is 2. The monoisotopic (exact) mass is 440 g/mol. The maximum atomic E-state index is 13.5. The molecule has 2 aromatic rings. The molecule has 32 heavy (non-hydrogen) atoms. The van der Waals surface area contributed by atoms with Crippen LogP contribution < -0.4 is 14.8 Å². The van der Waals surface area contributed by atoms with Crippen LogP contribution in [-0.2, 0) is 14.3 Å². The summed E-state index contributed by atoms with van der Waals surface area (Å²) in [4.78, 5) is 27.6. The molecule has 168 valence electrons. The van der Waals surface area contributed by atoms with E-state index in [0.717, 1.165) is 0 Å². The molecule has 7 nitrogen and oxygen atoms in total. The van der Waals surface area contributed by atoms with Gasteiger partial charge in [-0.25, -0.2) is 4.39 Å². The van der Waals surface area contributed by atoms with Crippen LogP contribution in [0.15, 0.2) is 48.2 Å². The largest absolute Gasteiger partial charge is 0.486 e. The first kappa shape index (κ1) is 21.8. The lowest BCUT2D eigenvalue weighted by Crippen LogP contribution is -2.34. The van der Waals surface area contributed by atoms with Crippen molar-refractivity contribution in [2.75, 3.05) is 31.7 Å². The highest BCUT2D eigenvalue weighted by atomic mass is 19.1. The SMILES string of the molecule is CC(C)OCCCN1C(=O)C(Nc2ccc3c(c2)OCCO3)=C(c2ccc(F)cc2)C1=O. The van der Waals surface area contributed by atoms with E-state index < -0.39 is 17.6 Å². The van der Waals surface area contributed by atoms with E-state index in [4.69, 9.17) is 14.2 Å². The van der Waals surface area contributed by atoms with Gasteiger partial charge in [-0.15, -0.1) is 0 Å². The summed E-state index contributed by atoms with van der Waals surface area (Å²) in [6.07, 6.45) is 0.587. The van der Waals surface area contributed by atoms with Crippen molar-refractivity contribution < 1.29 is 28.2 Å². The van der Waals surface area contributed by atoms with Gasteiger partial charge in [0.25, 0.3) is 11.8 Å². The fourth-order valence-corrected chi connectivity index (χ4v) is 3.59. The smallest absolute Gasteiger partial charge is 0.278 e. The Hall–Kier alpha value is -3.39. The molecule has 2 aromatic carbocycles. The zero-order chi connectivity index (χ0) is 22.7. The summed E-state index contributed by atoms with van der Waals surface area (Å²) in [7, 11) is 0. The van der Waals surface area contributed by atoms with Crippen LogP contribution in [0.2, 0.25) is 0 Å². The first-order chi connectivity index (χ1) is 15.4. The van der Waals surface area contributed by atoms with Gasteiger partial charge in [-0.1, -0.05) is 12.1 Å². The van der Waals surface area contributed by atoms with Crippen molar-refractivity contribution in [3.05, 3.63) is 59.5 Å². The molecule has 2 amide bonds. The Bertz CT molecular complexity index is 1050. The van der Waals surface area contributed by atoms with Crippen LogP contribution in [0.25, 0.3) is 5.57 Å². The molecule has 8 heteroatoms. The Balaban J connectivity index is 1.62. The van der Waals surface area contributed by atoms with Crippen LogP contribution >= 0.6 is 0 Å². The molecule has 0 aliphatic carbocycles. The second-order valence-electron chi connectivity index (χ2n) is 7.78. The molecular formula is C24H25FN2O5. The van der Waals surface area contributed by atoms with E-state index in [0.29, 0.717) is 49.0 Å². The minimum Gasteiger partial charge on any atom is -0.486 e. The molecule has 1 N–H and O–H groups in total. The first-order valence-electron chi connectivity index (χ1n) is 10.6. The third-order valence-electron chi connectivity index (χ3n) is 5.09. The summed E-state index contributed by atoms with van der Waals surface area (Å²) >= 11 is 0. The molecule has 0 radical (unpaired) electrons. The van der Waals surface area contributed by atoms with Crippen LogP contribution in [0.5, 0.6) is 11.5 Å². The number of nitrogens with zero attached hydrogens (tertiary/aromatic N) is 1. The van der Waals surface area contributed by atoms with Gasteiger partial charge in [0, 0.05) is 24.9 Å². The van der Waals surface area contributed by atoms with Gasteiger partial charge in [0.15, 0.2) is 11.5 Å². The van der Waals surface area contributed by atoms with Crippen LogP contribution in [-0.4, -0.2) is 49.2 Å². The van der Waals surface area contributed by atoms with Crippen LogP contribution in [0.3, 0.4) is 0 Å². The molecular weight excluding hydrogens is 415 g/mol. The van der Waals surface area contributed by atoms with E-state index in [1.165, 1.54) is 29.2 Å². The second kappa shape index (κ2) is 9.40. The maximum absolute atomic E-state index is 13.5. The number of imide groups is 1. The molecule has 0 fully saturated rings. The van der Waals surface area contributed by atoms with Gasteiger partial charge in [-0.05, 0) is 50.1 Å². The van der Waals surface area contributed by atoms with Crippen LogP contribution in [0, 0.1) is 5.82 Å². The van der Waals surface area contributed by atoms with Gasteiger partial charge in [0.2, 0.25) is 0 Å². The van der Waals surface area contributed by atoms with E-state index in [1.807, 2.05) is 13.8 Å². The van der Waals surface area contributed by atoms with E-state index in [-0.39, 0.29) is 23.9 Å². The number of amides is 2. The minimum absolute atomic E-state index is 0.0697. The Labute approximate surface area is 185 Å². The molecule has 0 saturated heterocycles. The number of hydrogen-bond acceptors (Lipinski definition) is 6. The normalized spacial score (nSPS) is 15.7. The molecule has 0 unspecified atom stereocenters. The number of anilines is 1. The van der Waals surface area contributed by atoms with Crippen molar-refractivity contribution in [1.82, 2.24) is 4.90 Å². The summed E-state index contributed by atoms with van der Waals surface area (Å²) in [5.74, 6) is -0.102. The summed E-state index contributed by atoms with van der Waals surface area (Å²) in [6.45, 7) is 5.42. The van der Waals surface area contributed by atoms with Crippen molar-refractivity contribution in [2.45, 2.75) is 26.4 Å². The number of fused-ring (bicyclic) bond motifs is 1. The number of nitrogens with one attached hydrogen (secondary N) is 1. The lowest BCUT2D eigenvalue weighted by atomic mass is 10.0. The Morgan fingerprint density at radius 1 is 1.03 bits per heavy atom. The van der Waals surface area contributed by atoms with E-state index in [9.17, 15) is 14.0 Å². The lowest BCUT2D eigenvalue weighted by molar-refractivity contribution is -0.137. The zero-order valence-electron chi connectivity index (χ0n) is 18.0. The molecule has 0 atom stereocenters. The highest BCUT2D eigenvalue weighted by molar-refractivity contribution is 6.36. The highest BCUT2D eigenvalue weighted by Crippen LogP contribution is 2.35. The third-order valence-corrected chi connectivity index (χ3v) is 5.09. The summed E-state index contributed by atoms with van der Waals surface area (Å²) in [5, 5.41) is 3.08. The van der Waals surface area contributed by atoms with Gasteiger partial charge in [0.1, 0.15) is 24.7 Å². The van der Waals surface area contributed by atoms with Gasteiger partial charge in [0.05, 0.1) is 11.7 Å². The van der Waals surface area contributed by atoms with Crippen molar-refractivity contribution in [1.29, 1.82) is 0 Å². The Morgan fingerprint density at radius 2 is 1.75 bits per heavy atom. The average molecular weight is 440 g/mol. The summed E-state index contributed by atoms with van der Waals surface area (Å²) in [5.41, 5.74) is 1.39. The number of carbonyl (C=O) groups is 2. The topological polar surface area (TPSA) is 77.1 Å². The van der Waals surface area contributed by atoms with Crippen LogP contribution in [0.4, 0.5) is 10.1 Å². The molecule has 2 heterocycles. The molecule has 0 bridgehead atoms. The lowest BCUT2D eigenvalue weighted by Gasteiger charge is -2.19. The predicted octanol–water partition coefficient (Wildman–Crippen LogP) is 3.60. The number of hydrogen-bond donors (Lipinski definition) is 1. The van der Waals surface area contributed by atoms with Crippen molar-refractivity contribution in [3.63, 3.8) is 0 Å².